The molecule has 1 saturated heterocycles. The van der Waals surface area contributed by atoms with Gasteiger partial charge in [0.15, 0.2) is 24.4 Å². The van der Waals surface area contributed by atoms with Crippen molar-refractivity contribution in [2.75, 3.05) is 13.2 Å². The summed E-state index contributed by atoms with van der Waals surface area (Å²) in [5.41, 5.74) is -10.1. The molecule has 12 atom stereocenters. The minimum absolute atomic E-state index is 0.00186. The molecule has 2 aromatic carbocycles. The second-order valence-corrected chi connectivity index (χ2v) is 17.0. The maximum absolute atomic E-state index is 14.4. The Morgan fingerprint density at radius 1 is 0.781 bits per heavy atom. The Bertz CT molecular complexity index is 2320. The first-order valence-electron chi connectivity index (χ1n) is 20.7. The summed E-state index contributed by atoms with van der Waals surface area (Å²) in [5.74, 6) is -9.69. The molecule has 18 heteroatoms. The van der Waals surface area contributed by atoms with Crippen LogP contribution in [0.25, 0.3) is 0 Å². The Morgan fingerprint density at radius 3 is 1.91 bits per heavy atom. The minimum atomic E-state index is -2.85. The number of rotatable bonds is 8. The van der Waals surface area contributed by atoms with Crippen LogP contribution in [0.1, 0.15) is 84.7 Å². The molecule has 340 valence electrons. The van der Waals surface area contributed by atoms with E-state index in [2.05, 4.69) is 4.98 Å². The molecule has 64 heavy (non-hydrogen) atoms. The maximum atomic E-state index is 14.4. The number of pyridine rings is 1. The summed E-state index contributed by atoms with van der Waals surface area (Å²) in [6, 6.07) is 18.1. The predicted molar refractivity (Wildman–Crippen MR) is 216 cm³/mol. The number of benzene rings is 2. The molecule has 0 amide bonds. The monoisotopic (exact) mass is 887 g/mol. The zero-order valence-electron chi connectivity index (χ0n) is 35.9. The molecule has 2 aliphatic heterocycles. The predicted octanol–water partition coefficient (Wildman–Crippen LogP) is 2.88. The molecule has 4 bridgehead atoms. The first-order chi connectivity index (χ1) is 30.3. The number of cyclic esters (lactones) is 1. The average Bonchev–Trinajstić information content (AvgIpc) is 3.46. The Kier molecular flexibility index (Phi) is 12.4. The van der Waals surface area contributed by atoms with E-state index in [1.54, 1.807) is 24.3 Å². The zero-order chi connectivity index (χ0) is 46.4. The van der Waals surface area contributed by atoms with Crippen LogP contribution in [0, 0.1) is 17.3 Å². The quantitative estimate of drug-likeness (QED) is 0.244. The van der Waals surface area contributed by atoms with Gasteiger partial charge in [-0.1, -0.05) is 43.3 Å². The highest BCUT2D eigenvalue weighted by Crippen LogP contribution is 2.69. The SMILES string of the molecule is CC(=O)OC[C@]12[C@H](OC(C)=O)[C@H](OC(=O)c3ccccc3)[C@@H]3[C@@H](O)[C@@]14O[C@@]3(C)COC(=O)c1cccnc1CCC(C)C(=O)O[C@@H]([C@H](OC(=O)c1ccccc1)[C@@H]2OC(C)=O)[C@]4(C)O. The third-order valence-corrected chi connectivity index (χ3v) is 12.8. The van der Waals surface area contributed by atoms with E-state index < -0.39 is 126 Å². The van der Waals surface area contributed by atoms with Crippen molar-refractivity contribution in [3.8, 4) is 0 Å². The Hall–Kier alpha value is -6.24. The van der Waals surface area contributed by atoms with Gasteiger partial charge in [-0.25, -0.2) is 14.4 Å². The van der Waals surface area contributed by atoms with Gasteiger partial charge >= 0.3 is 41.8 Å². The first-order valence-corrected chi connectivity index (χ1v) is 20.7. The Morgan fingerprint density at radius 2 is 1.34 bits per heavy atom. The van der Waals surface area contributed by atoms with Crippen LogP contribution in [0.15, 0.2) is 79.0 Å². The molecule has 1 spiro atoms. The van der Waals surface area contributed by atoms with Gasteiger partial charge in [0.2, 0.25) is 0 Å². The third-order valence-electron chi connectivity index (χ3n) is 12.8. The molecule has 2 saturated carbocycles. The van der Waals surface area contributed by atoms with E-state index in [4.69, 9.17) is 37.9 Å². The summed E-state index contributed by atoms with van der Waals surface area (Å²) < 4.78 is 49.5. The van der Waals surface area contributed by atoms with Crippen molar-refractivity contribution in [3.63, 3.8) is 0 Å². The van der Waals surface area contributed by atoms with Crippen LogP contribution < -0.4 is 0 Å². The van der Waals surface area contributed by atoms with Crippen LogP contribution in [0.3, 0.4) is 0 Å². The van der Waals surface area contributed by atoms with Crippen LogP contribution in [-0.2, 0) is 63.5 Å². The number of ether oxygens (including phenoxy) is 8. The summed E-state index contributed by atoms with van der Waals surface area (Å²) in [5, 5.41) is 26.7. The number of aromatic nitrogens is 1. The molecule has 7 rings (SSSR count). The summed E-state index contributed by atoms with van der Waals surface area (Å²) in [6.45, 7) is 5.17. The number of aryl methyl sites for hydroxylation is 1. The fourth-order valence-electron chi connectivity index (χ4n) is 10.0. The van der Waals surface area contributed by atoms with Crippen molar-refractivity contribution in [3.05, 3.63) is 101 Å². The van der Waals surface area contributed by atoms with Crippen molar-refractivity contribution in [1.29, 1.82) is 0 Å². The van der Waals surface area contributed by atoms with E-state index in [0.717, 1.165) is 27.7 Å². The second-order valence-electron chi connectivity index (χ2n) is 17.0. The fraction of sp³-hybridized carbons (Fsp3) is 0.478. The van der Waals surface area contributed by atoms with Gasteiger partial charge in [-0.3, -0.25) is 24.2 Å². The molecule has 1 unspecified atom stereocenters. The lowest BCUT2D eigenvalue weighted by Gasteiger charge is -2.67. The minimum Gasteiger partial charge on any atom is -0.465 e. The van der Waals surface area contributed by atoms with Gasteiger partial charge in [0.05, 0.1) is 40.3 Å². The Labute approximate surface area is 367 Å². The van der Waals surface area contributed by atoms with Crippen LogP contribution in [0.2, 0.25) is 0 Å². The summed E-state index contributed by atoms with van der Waals surface area (Å²) in [4.78, 5) is 101. The van der Waals surface area contributed by atoms with E-state index in [1.807, 2.05) is 0 Å². The molecule has 3 fully saturated rings. The summed E-state index contributed by atoms with van der Waals surface area (Å²) in [6.07, 6.45) is -10.9. The number of hydrogen-bond donors (Lipinski definition) is 2. The molecule has 3 aromatic rings. The zero-order valence-corrected chi connectivity index (χ0v) is 35.9. The summed E-state index contributed by atoms with van der Waals surface area (Å²) >= 11 is 0. The van der Waals surface area contributed by atoms with E-state index in [9.17, 15) is 43.8 Å². The molecule has 2 aliphatic carbocycles. The lowest BCUT2D eigenvalue weighted by molar-refractivity contribution is -0.385. The topological polar surface area (TPSA) is 247 Å². The van der Waals surface area contributed by atoms with Crippen molar-refractivity contribution in [2.45, 2.75) is 108 Å². The normalized spacial score (nSPS) is 34.3. The number of aliphatic hydroxyl groups excluding tert-OH is 1. The molecular formula is C46H49NO17. The smallest absolute Gasteiger partial charge is 0.340 e. The van der Waals surface area contributed by atoms with Gasteiger partial charge in [-0.05, 0) is 63.1 Å². The van der Waals surface area contributed by atoms with Crippen molar-refractivity contribution < 1.29 is 81.7 Å². The number of hydrogen-bond acceptors (Lipinski definition) is 18. The number of esters is 7. The fourth-order valence-corrected chi connectivity index (χ4v) is 10.0. The lowest BCUT2D eigenvalue weighted by Crippen LogP contribution is -2.89. The largest absolute Gasteiger partial charge is 0.465 e. The third kappa shape index (κ3) is 7.66. The number of carbonyl (C=O) groups is 7. The van der Waals surface area contributed by atoms with Crippen molar-refractivity contribution in [1.82, 2.24) is 4.98 Å². The van der Waals surface area contributed by atoms with E-state index in [1.165, 1.54) is 68.6 Å². The number of fused-ring (bicyclic) bond motifs is 5. The van der Waals surface area contributed by atoms with Crippen molar-refractivity contribution in [2.24, 2.45) is 17.3 Å². The van der Waals surface area contributed by atoms with Gasteiger partial charge in [0, 0.05) is 27.0 Å². The van der Waals surface area contributed by atoms with Crippen molar-refractivity contribution >= 4 is 41.8 Å². The molecule has 18 nitrogen and oxygen atoms in total. The van der Waals surface area contributed by atoms with Crippen LogP contribution in [-0.4, -0.2) is 124 Å². The summed E-state index contributed by atoms with van der Waals surface area (Å²) in [7, 11) is 0. The molecule has 3 heterocycles. The molecule has 4 aliphatic rings. The Balaban J connectivity index is 1.57. The van der Waals surface area contributed by atoms with Gasteiger partial charge < -0.3 is 48.1 Å². The van der Waals surface area contributed by atoms with E-state index in [-0.39, 0.29) is 35.2 Å². The maximum Gasteiger partial charge on any atom is 0.340 e. The molecular weight excluding hydrogens is 838 g/mol. The van der Waals surface area contributed by atoms with E-state index >= 15 is 0 Å². The second kappa shape index (κ2) is 17.4. The van der Waals surface area contributed by atoms with Crippen LogP contribution in [0.4, 0.5) is 0 Å². The number of nitrogens with zero attached hydrogens (tertiary/aromatic N) is 1. The van der Waals surface area contributed by atoms with E-state index in [0.29, 0.717) is 0 Å². The lowest BCUT2D eigenvalue weighted by atomic mass is 9.45. The number of aliphatic hydroxyl groups is 2. The molecule has 0 radical (unpaired) electrons. The van der Waals surface area contributed by atoms with Gasteiger partial charge in [0.25, 0.3) is 0 Å². The highest BCUT2D eigenvalue weighted by atomic mass is 16.7. The number of carbonyl (C=O) groups excluding carboxylic acids is 7. The highest BCUT2D eigenvalue weighted by Gasteiger charge is 2.91. The molecule has 1 aromatic heterocycles. The van der Waals surface area contributed by atoms with Crippen LogP contribution >= 0.6 is 0 Å². The highest BCUT2D eigenvalue weighted by molar-refractivity contribution is 5.91. The van der Waals surface area contributed by atoms with Gasteiger partial charge in [-0.2, -0.15) is 0 Å². The van der Waals surface area contributed by atoms with Gasteiger partial charge in [0.1, 0.15) is 41.5 Å². The standard InChI is InChI=1S/C46H49NO17/c1-24-19-20-31-30(18-13-21-47-31)42(55)58-22-43(5)32-33(61-40(53)28-14-9-7-10-15-28)37(59-26(3)49)45(23-57-25(2)48)38(60-27(4)50)34(62-41(54)29-16-11-8-12-17-29)36(63-39(24)52)44(6,56)46(45,64-43)35(32)51/h7-18,21,24,32-38,51,56H,19-20,22-23H2,1-6H3/t24?,32-,33-,34+,35-,36+,37-,38+,43+,44+,45-,46+/m1/s1. The van der Waals surface area contributed by atoms with Crippen LogP contribution in [0.5, 0.6) is 0 Å². The molecule has 2 N–H and O–H groups in total. The average molecular weight is 888 g/mol. The first kappa shape index (κ1) is 45.8. The van der Waals surface area contributed by atoms with Gasteiger partial charge in [-0.15, -0.1) is 0 Å².